The number of hydrogen-bond acceptors (Lipinski definition) is 2. The van der Waals surface area contributed by atoms with Gasteiger partial charge in [0.1, 0.15) is 0 Å². The molecule has 12 heavy (non-hydrogen) atoms. The minimum atomic E-state index is 0.496. The van der Waals surface area contributed by atoms with Crippen LogP contribution in [0.1, 0.15) is 39.0 Å². The minimum Gasteiger partial charge on any atom is -0.376 e. The smallest absolute Gasteiger partial charge is 0.0700 e. The zero-order valence-corrected chi connectivity index (χ0v) is 8.14. The normalized spacial score (nSPS) is 24.2. The topological polar surface area (TPSA) is 21.3 Å². The van der Waals surface area contributed by atoms with E-state index in [0.717, 1.165) is 19.7 Å². The number of hydrogen-bond donors (Lipinski definition) is 1. The van der Waals surface area contributed by atoms with Crippen molar-refractivity contribution in [2.45, 2.75) is 45.1 Å². The Morgan fingerprint density at radius 1 is 1.33 bits per heavy atom. The molecule has 1 N–H and O–H groups in total. The van der Waals surface area contributed by atoms with E-state index in [2.05, 4.69) is 12.2 Å². The third kappa shape index (κ3) is 4.07. The lowest BCUT2D eigenvalue weighted by Crippen LogP contribution is -2.38. The van der Waals surface area contributed by atoms with Crippen molar-refractivity contribution < 1.29 is 4.74 Å². The SMILES string of the molecule is CCCCCC[C@@H]1CNCCO1. The monoisotopic (exact) mass is 171 g/mol. The molecule has 0 aromatic heterocycles. The summed E-state index contributed by atoms with van der Waals surface area (Å²) in [4.78, 5) is 0. The molecular formula is C10H21NO. The third-order valence-electron chi connectivity index (χ3n) is 2.38. The number of unbranched alkanes of at least 4 members (excludes halogenated alkanes) is 3. The number of ether oxygens (including phenoxy) is 1. The molecular weight excluding hydrogens is 150 g/mol. The Labute approximate surface area is 75.7 Å². The van der Waals surface area contributed by atoms with Crippen LogP contribution in [-0.2, 0) is 4.74 Å². The molecule has 0 bridgehead atoms. The van der Waals surface area contributed by atoms with Crippen LogP contribution in [0.15, 0.2) is 0 Å². The average Bonchev–Trinajstić information content (AvgIpc) is 2.14. The second kappa shape index (κ2) is 6.44. The summed E-state index contributed by atoms with van der Waals surface area (Å²) in [6.45, 7) is 5.24. The average molecular weight is 171 g/mol. The van der Waals surface area contributed by atoms with Crippen LogP contribution in [-0.4, -0.2) is 25.8 Å². The van der Waals surface area contributed by atoms with Crippen LogP contribution in [0.2, 0.25) is 0 Å². The fourth-order valence-corrected chi connectivity index (χ4v) is 1.60. The van der Waals surface area contributed by atoms with Crippen LogP contribution in [0.3, 0.4) is 0 Å². The summed E-state index contributed by atoms with van der Waals surface area (Å²) in [5.41, 5.74) is 0. The van der Waals surface area contributed by atoms with Gasteiger partial charge in [-0.2, -0.15) is 0 Å². The first-order valence-corrected chi connectivity index (χ1v) is 5.26. The van der Waals surface area contributed by atoms with E-state index in [9.17, 15) is 0 Å². The molecule has 1 atom stereocenters. The van der Waals surface area contributed by atoms with Gasteiger partial charge in [-0.05, 0) is 6.42 Å². The van der Waals surface area contributed by atoms with Crippen molar-refractivity contribution in [3.8, 4) is 0 Å². The zero-order valence-electron chi connectivity index (χ0n) is 8.14. The highest BCUT2D eigenvalue weighted by Gasteiger charge is 2.11. The van der Waals surface area contributed by atoms with E-state index in [0.29, 0.717) is 6.10 Å². The molecule has 1 fully saturated rings. The Kier molecular flexibility index (Phi) is 5.37. The summed E-state index contributed by atoms with van der Waals surface area (Å²) in [5, 5.41) is 3.35. The first-order valence-electron chi connectivity index (χ1n) is 5.26. The lowest BCUT2D eigenvalue weighted by molar-refractivity contribution is 0.0221. The van der Waals surface area contributed by atoms with Crippen molar-refractivity contribution >= 4 is 0 Å². The predicted molar refractivity (Wildman–Crippen MR) is 51.4 cm³/mol. The molecule has 1 saturated heterocycles. The van der Waals surface area contributed by atoms with Gasteiger partial charge in [0, 0.05) is 13.1 Å². The molecule has 0 saturated carbocycles. The maximum atomic E-state index is 5.60. The molecule has 0 spiro atoms. The molecule has 1 heterocycles. The molecule has 72 valence electrons. The van der Waals surface area contributed by atoms with E-state index >= 15 is 0 Å². The molecule has 2 nitrogen and oxygen atoms in total. The maximum absolute atomic E-state index is 5.60. The highest BCUT2D eigenvalue weighted by Crippen LogP contribution is 2.09. The van der Waals surface area contributed by atoms with Crippen molar-refractivity contribution in [2.24, 2.45) is 0 Å². The Balaban J connectivity index is 1.91. The zero-order chi connectivity index (χ0) is 8.65. The Morgan fingerprint density at radius 3 is 2.92 bits per heavy atom. The lowest BCUT2D eigenvalue weighted by Gasteiger charge is -2.23. The molecule has 2 heteroatoms. The van der Waals surface area contributed by atoms with Crippen molar-refractivity contribution in [2.75, 3.05) is 19.7 Å². The molecule has 1 aliphatic rings. The predicted octanol–water partition coefficient (Wildman–Crippen LogP) is 1.95. The summed E-state index contributed by atoms with van der Waals surface area (Å²) in [5.74, 6) is 0. The molecule has 0 aromatic rings. The second-order valence-corrected chi connectivity index (χ2v) is 3.55. The van der Waals surface area contributed by atoms with Crippen molar-refractivity contribution in [3.05, 3.63) is 0 Å². The van der Waals surface area contributed by atoms with Gasteiger partial charge in [-0.3, -0.25) is 0 Å². The first kappa shape index (κ1) is 10.0. The summed E-state index contributed by atoms with van der Waals surface area (Å²) >= 11 is 0. The number of nitrogens with one attached hydrogen (secondary N) is 1. The fourth-order valence-electron chi connectivity index (χ4n) is 1.60. The van der Waals surface area contributed by atoms with Gasteiger partial charge in [0.2, 0.25) is 0 Å². The standard InChI is InChI=1S/C10H21NO/c1-2-3-4-5-6-10-9-11-7-8-12-10/h10-11H,2-9H2,1H3/t10-/m1/s1. The first-order chi connectivity index (χ1) is 5.93. The van der Waals surface area contributed by atoms with Crippen LogP contribution in [0.25, 0.3) is 0 Å². The van der Waals surface area contributed by atoms with Crippen molar-refractivity contribution in [3.63, 3.8) is 0 Å². The van der Waals surface area contributed by atoms with Crippen LogP contribution >= 0.6 is 0 Å². The number of rotatable bonds is 5. The van der Waals surface area contributed by atoms with E-state index in [-0.39, 0.29) is 0 Å². The van der Waals surface area contributed by atoms with Gasteiger partial charge in [0.15, 0.2) is 0 Å². The van der Waals surface area contributed by atoms with E-state index in [1.165, 1.54) is 32.1 Å². The summed E-state index contributed by atoms with van der Waals surface area (Å²) < 4.78 is 5.60. The van der Waals surface area contributed by atoms with Gasteiger partial charge >= 0.3 is 0 Å². The van der Waals surface area contributed by atoms with E-state index in [4.69, 9.17) is 4.74 Å². The van der Waals surface area contributed by atoms with Crippen LogP contribution in [0, 0.1) is 0 Å². The van der Waals surface area contributed by atoms with Gasteiger partial charge in [0.05, 0.1) is 12.7 Å². The van der Waals surface area contributed by atoms with Gasteiger partial charge in [-0.1, -0.05) is 32.6 Å². The van der Waals surface area contributed by atoms with Gasteiger partial charge in [-0.15, -0.1) is 0 Å². The molecule has 0 amide bonds. The van der Waals surface area contributed by atoms with Crippen molar-refractivity contribution in [1.82, 2.24) is 5.32 Å². The second-order valence-electron chi connectivity index (χ2n) is 3.55. The highest BCUT2D eigenvalue weighted by atomic mass is 16.5. The number of morpholine rings is 1. The Morgan fingerprint density at radius 2 is 2.25 bits per heavy atom. The van der Waals surface area contributed by atoms with Gasteiger partial charge in [-0.25, -0.2) is 0 Å². The van der Waals surface area contributed by atoms with E-state index in [1.54, 1.807) is 0 Å². The van der Waals surface area contributed by atoms with E-state index < -0.39 is 0 Å². The minimum absolute atomic E-state index is 0.496. The Hall–Kier alpha value is -0.0800. The maximum Gasteiger partial charge on any atom is 0.0700 e. The Bertz CT molecular complexity index is 100. The molecule has 1 rings (SSSR count). The van der Waals surface area contributed by atoms with Crippen LogP contribution in [0.5, 0.6) is 0 Å². The van der Waals surface area contributed by atoms with Gasteiger partial charge < -0.3 is 10.1 Å². The molecule has 0 unspecified atom stereocenters. The molecule has 0 radical (unpaired) electrons. The van der Waals surface area contributed by atoms with Gasteiger partial charge in [0.25, 0.3) is 0 Å². The van der Waals surface area contributed by atoms with Crippen LogP contribution in [0.4, 0.5) is 0 Å². The summed E-state index contributed by atoms with van der Waals surface area (Å²) in [7, 11) is 0. The van der Waals surface area contributed by atoms with E-state index in [1.807, 2.05) is 0 Å². The molecule has 0 aromatic carbocycles. The molecule has 0 aliphatic carbocycles. The third-order valence-corrected chi connectivity index (χ3v) is 2.38. The lowest BCUT2D eigenvalue weighted by atomic mass is 10.1. The molecule has 1 aliphatic heterocycles. The summed E-state index contributed by atoms with van der Waals surface area (Å²) in [6.07, 6.45) is 7.14. The van der Waals surface area contributed by atoms with Crippen LogP contribution < -0.4 is 5.32 Å². The van der Waals surface area contributed by atoms with Crippen molar-refractivity contribution in [1.29, 1.82) is 0 Å². The highest BCUT2D eigenvalue weighted by molar-refractivity contribution is 4.66. The summed E-state index contributed by atoms with van der Waals surface area (Å²) in [6, 6.07) is 0. The fraction of sp³-hybridized carbons (Fsp3) is 1.00. The largest absolute Gasteiger partial charge is 0.376 e. The quantitative estimate of drug-likeness (QED) is 0.638.